The van der Waals surface area contributed by atoms with Crippen LogP contribution in [0.25, 0.3) is 0 Å². The zero-order valence-electron chi connectivity index (χ0n) is 14.9. The summed E-state index contributed by atoms with van der Waals surface area (Å²) in [7, 11) is 3.56. The number of halogens is 1. The van der Waals surface area contributed by atoms with Crippen molar-refractivity contribution in [2.75, 3.05) is 7.05 Å². The van der Waals surface area contributed by atoms with Crippen molar-refractivity contribution in [1.82, 2.24) is 24.9 Å². The minimum absolute atomic E-state index is 0.0899. The van der Waals surface area contributed by atoms with E-state index in [1.807, 2.05) is 14.0 Å². The molecule has 0 fully saturated rings. The van der Waals surface area contributed by atoms with E-state index in [1.54, 1.807) is 47.1 Å². The van der Waals surface area contributed by atoms with Crippen LogP contribution >= 0.6 is 0 Å². The van der Waals surface area contributed by atoms with Crippen LogP contribution in [0.3, 0.4) is 0 Å². The maximum absolute atomic E-state index is 13.6. The molecule has 0 aliphatic rings. The second-order valence-electron chi connectivity index (χ2n) is 6.04. The van der Waals surface area contributed by atoms with Gasteiger partial charge in [-0.05, 0) is 25.1 Å². The van der Waals surface area contributed by atoms with E-state index < -0.39 is 5.82 Å². The van der Waals surface area contributed by atoms with Crippen LogP contribution in [0, 0.1) is 12.7 Å². The number of ether oxygens (including phenoxy) is 1. The number of nitrogens with zero attached hydrogens (tertiary/aromatic N) is 4. The number of hydrogen-bond acceptors (Lipinski definition) is 4. The smallest absolute Gasteiger partial charge is 0.274 e. The number of aromatic nitrogens is 4. The summed E-state index contributed by atoms with van der Waals surface area (Å²) in [5.74, 6) is -0.504. The van der Waals surface area contributed by atoms with E-state index in [1.165, 1.54) is 6.07 Å². The van der Waals surface area contributed by atoms with Crippen molar-refractivity contribution < 1.29 is 13.9 Å². The quantitative estimate of drug-likeness (QED) is 0.735. The summed E-state index contributed by atoms with van der Waals surface area (Å²) in [5.41, 5.74) is 2.84. The molecule has 1 aromatic carbocycles. The van der Waals surface area contributed by atoms with Gasteiger partial charge >= 0.3 is 0 Å². The molecule has 0 bridgehead atoms. The van der Waals surface area contributed by atoms with Gasteiger partial charge < -0.3 is 9.64 Å². The predicted molar refractivity (Wildman–Crippen MR) is 93.1 cm³/mol. The van der Waals surface area contributed by atoms with E-state index in [-0.39, 0.29) is 24.0 Å². The monoisotopic (exact) mass is 357 g/mol. The third-order valence-corrected chi connectivity index (χ3v) is 4.16. The highest BCUT2D eigenvalue weighted by molar-refractivity contribution is 5.92. The predicted octanol–water partition coefficient (Wildman–Crippen LogP) is 2.44. The molecular formula is C18H20FN5O2. The fraction of sp³-hybridized carbons (Fsp3) is 0.278. The van der Waals surface area contributed by atoms with Crippen LogP contribution in [0.4, 0.5) is 4.39 Å². The van der Waals surface area contributed by atoms with Gasteiger partial charge in [-0.25, -0.2) is 4.39 Å². The molecule has 2 heterocycles. The summed E-state index contributed by atoms with van der Waals surface area (Å²) in [6.07, 6.45) is 1.75. The van der Waals surface area contributed by atoms with Crippen LogP contribution in [-0.2, 0) is 20.2 Å². The summed E-state index contributed by atoms with van der Waals surface area (Å²) < 4.78 is 20.7. The van der Waals surface area contributed by atoms with Crippen molar-refractivity contribution in [2.24, 2.45) is 7.05 Å². The maximum atomic E-state index is 13.6. The van der Waals surface area contributed by atoms with E-state index in [9.17, 15) is 9.18 Å². The average Bonchev–Trinajstić information content (AvgIpc) is 3.22. The number of aryl methyl sites for hydroxylation is 1. The Balaban J connectivity index is 1.62. The van der Waals surface area contributed by atoms with Crippen molar-refractivity contribution in [3.63, 3.8) is 0 Å². The molecule has 0 spiro atoms. The van der Waals surface area contributed by atoms with Gasteiger partial charge in [0, 0.05) is 31.9 Å². The lowest BCUT2D eigenvalue weighted by molar-refractivity contribution is 0.0779. The summed E-state index contributed by atoms with van der Waals surface area (Å²) in [6.45, 7) is 2.48. The number of hydrogen-bond donors (Lipinski definition) is 1. The second-order valence-corrected chi connectivity index (χ2v) is 6.04. The molecule has 0 atom stereocenters. The third-order valence-electron chi connectivity index (χ3n) is 4.16. The van der Waals surface area contributed by atoms with Gasteiger partial charge in [0.25, 0.3) is 5.91 Å². The summed E-state index contributed by atoms with van der Waals surface area (Å²) >= 11 is 0. The number of aromatic amines is 1. The number of rotatable bonds is 6. The number of benzene rings is 1. The van der Waals surface area contributed by atoms with E-state index in [0.29, 0.717) is 12.2 Å². The van der Waals surface area contributed by atoms with Gasteiger partial charge in [0.05, 0.1) is 11.9 Å². The van der Waals surface area contributed by atoms with E-state index >= 15 is 0 Å². The zero-order chi connectivity index (χ0) is 18.7. The molecule has 0 unspecified atom stereocenters. The topological polar surface area (TPSA) is 76.0 Å². The summed E-state index contributed by atoms with van der Waals surface area (Å²) in [4.78, 5) is 14.1. The molecular weight excluding hydrogens is 337 g/mol. The largest absolute Gasteiger partial charge is 0.484 e. The lowest BCUT2D eigenvalue weighted by Gasteiger charge is -2.15. The lowest BCUT2D eigenvalue weighted by Crippen LogP contribution is -2.26. The van der Waals surface area contributed by atoms with Crippen LogP contribution in [0.15, 0.2) is 36.5 Å². The van der Waals surface area contributed by atoms with Crippen LogP contribution < -0.4 is 4.74 Å². The van der Waals surface area contributed by atoms with Crippen molar-refractivity contribution in [3.8, 4) is 5.75 Å². The molecule has 8 heteroatoms. The molecule has 0 saturated carbocycles. The van der Waals surface area contributed by atoms with E-state index in [2.05, 4.69) is 15.3 Å². The summed E-state index contributed by atoms with van der Waals surface area (Å²) in [6, 6.07) is 7.76. The molecule has 0 aliphatic heterocycles. The highest BCUT2D eigenvalue weighted by atomic mass is 19.1. The Morgan fingerprint density at radius 3 is 2.85 bits per heavy atom. The van der Waals surface area contributed by atoms with Gasteiger partial charge in [-0.1, -0.05) is 12.1 Å². The van der Waals surface area contributed by atoms with Crippen LogP contribution in [-0.4, -0.2) is 37.8 Å². The van der Waals surface area contributed by atoms with Gasteiger partial charge in [0.2, 0.25) is 0 Å². The van der Waals surface area contributed by atoms with Crippen molar-refractivity contribution in [2.45, 2.75) is 20.1 Å². The third kappa shape index (κ3) is 3.74. The summed E-state index contributed by atoms with van der Waals surface area (Å²) in [5, 5.41) is 11.0. The van der Waals surface area contributed by atoms with E-state index in [0.717, 1.165) is 11.3 Å². The number of carbonyl (C=O) groups excluding carboxylic acids is 1. The number of nitrogens with one attached hydrogen (secondary N) is 1. The van der Waals surface area contributed by atoms with Crippen molar-refractivity contribution in [1.29, 1.82) is 0 Å². The lowest BCUT2D eigenvalue weighted by atomic mass is 10.2. The zero-order valence-corrected chi connectivity index (χ0v) is 14.9. The van der Waals surface area contributed by atoms with E-state index in [4.69, 9.17) is 4.74 Å². The van der Waals surface area contributed by atoms with Gasteiger partial charge in [0.15, 0.2) is 17.3 Å². The normalized spacial score (nSPS) is 10.8. The van der Waals surface area contributed by atoms with Crippen LogP contribution in [0.2, 0.25) is 0 Å². The molecule has 1 N–H and O–H groups in total. The second kappa shape index (κ2) is 7.38. The van der Waals surface area contributed by atoms with Crippen molar-refractivity contribution in [3.05, 3.63) is 65.0 Å². The average molecular weight is 357 g/mol. The first-order valence-electron chi connectivity index (χ1n) is 8.10. The number of H-pyrrole nitrogens is 1. The Bertz CT molecular complexity index is 918. The molecule has 3 aromatic rings. The Kier molecular flexibility index (Phi) is 5.01. The number of carbonyl (C=O) groups is 1. The Labute approximate surface area is 150 Å². The highest BCUT2D eigenvalue weighted by Crippen LogP contribution is 2.17. The first kappa shape index (κ1) is 17.7. The van der Waals surface area contributed by atoms with Crippen LogP contribution in [0.1, 0.15) is 27.4 Å². The molecule has 26 heavy (non-hydrogen) atoms. The molecule has 0 aliphatic carbocycles. The standard InChI is InChI=1S/C18H20FN5O2/c1-12-13(9-20-24(12)3)10-23(2)18(25)16-8-14(21-22-16)11-26-17-7-5-4-6-15(17)19/h4-9H,10-11H2,1-3H3,(H,21,22). The molecule has 136 valence electrons. The van der Waals surface area contributed by atoms with Crippen molar-refractivity contribution >= 4 is 5.91 Å². The Morgan fingerprint density at radius 1 is 1.38 bits per heavy atom. The molecule has 7 nitrogen and oxygen atoms in total. The maximum Gasteiger partial charge on any atom is 0.274 e. The SMILES string of the molecule is Cc1c(CN(C)C(=O)c2cc(COc3ccccc3F)[nH]n2)cnn1C. The van der Waals surface area contributed by atoms with Gasteiger partial charge in [-0.2, -0.15) is 10.2 Å². The first-order valence-corrected chi connectivity index (χ1v) is 8.10. The van der Waals surface area contributed by atoms with Gasteiger partial charge in [0.1, 0.15) is 6.61 Å². The molecule has 0 radical (unpaired) electrons. The van der Waals surface area contributed by atoms with Gasteiger partial charge in [-0.3, -0.25) is 14.6 Å². The highest BCUT2D eigenvalue weighted by Gasteiger charge is 2.17. The van der Waals surface area contributed by atoms with Gasteiger partial charge in [-0.15, -0.1) is 0 Å². The number of amides is 1. The molecule has 1 amide bonds. The number of para-hydroxylation sites is 1. The molecule has 2 aromatic heterocycles. The van der Waals surface area contributed by atoms with Crippen LogP contribution in [0.5, 0.6) is 5.75 Å². The molecule has 3 rings (SSSR count). The fourth-order valence-corrected chi connectivity index (χ4v) is 2.48. The Hall–Kier alpha value is -3.16. The minimum atomic E-state index is -0.435. The fourth-order valence-electron chi connectivity index (χ4n) is 2.48. The first-order chi connectivity index (χ1) is 12.5. The molecule has 0 saturated heterocycles. The minimum Gasteiger partial charge on any atom is -0.484 e. The Morgan fingerprint density at radius 2 is 2.15 bits per heavy atom.